The van der Waals surface area contributed by atoms with Gasteiger partial charge in [0.05, 0.1) is 11.2 Å². The summed E-state index contributed by atoms with van der Waals surface area (Å²) in [6.07, 6.45) is 0.667. The van der Waals surface area contributed by atoms with Crippen molar-refractivity contribution in [3.05, 3.63) is 23.8 Å². The van der Waals surface area contributed by atoms with E-state index in [2.05, 4.69) is 5.32 Å². The third-order valence-electron chi connectivity index (χ3n) is 2.61. The molecule has 0 aromatic heterocycles. The molecule has 1 aromatic carbocycles. The molecule has 86 valence electrons. The van der Waals surface area contributed by atoms with Crippen LogP contribution in [0.3, 0.4) is 0 Å². The summed E-state index contributed by atoms with van der Waals surface area (Å²) >= 11 is 0. The van der Waals surface area contributed by atoms with Crippen LogP contribution in [0, 0.1) is 11.3 Å². The highest BCUT2D eigenvalue weighted by atomic mass is 16.3. The Morgan fingerprint density at radius 3 is 2.81 bits per heavy atom. The molecule has 0 bridgehead atoms. The van der Waals surface area contributed by atoms with Crippen molar-refractivity contribution >= 4 is 11.4 Å². The molecule has 0 amide bonds. The summed E-state index contributed by atoms with van der Waals surface area (Å²) < 4.78 is 0. The van der Waals surface area contributed by atoms with E-state index < -0.39 is 5.60 Å². The number of aliphatic hydroxyl groups is 1. The number of nitriles is 1. The average Bonchev–Trinajstić information content (AvgIpc) is 2.28. The Hall–Kier alpha value is -1.73. The lowest BCUT2D eigenvalue weighted by molar-refractivity contribution is 0.0697. The maximum Gasteiger partial charge on any atom is 0.101 e. The zero-order chi connectivity index (χ0) is 12.2. The number of anilines is 2. The molecule has 0 radical (unpaired) electrons. The van der Waals surface area contributed by atoms with Crippen LogP contribution in [0.4, 0.5) is 11.4 Å². The van der Waals surface area contributed by atoms with Crippen LogP contribution in [0.2, 0.25) is 0 Å². The van der Waals surface area contributed by atoms with Crippen LogP contribution >= 0.6 is 0 Å². The van der Waals surface area contributed by atoms with Gasteiger partial charge in [-0.1, -0.05) is 6.92 Å². The summed E-state index contributed by atoms with van der Waals surface area (Å²) in [5.74, 6) is 0. The first-order valence-electron chi connectivity index (χ1n) is 5.24. The third-order valence-corrected chi connectivity index (χ3v) is 2.61. The molecule has 0 saturated carbocycles. The minimum absolute atomic E-state index is 0.443. The minimum atomic E-state index is -0.742. The van der Waals surface area contributed by atoms with E-state index in [-0.39, 0.29) is 0 Å². The molecule has 16 heavy (non-hydrogen) atoms. The molecule has 4 N–H and O–H groups in total. The highest BCUT2D eigenvalue weighted by molar-refractivity contribution is 5.61. The highest BCUT2D eigenvalue weighted by Gasteiger charge is 2.16. The summed E-state index contributed by atoms with van der Waals surface area (Å²) in [4.78, 5) is 0. The van der Waals surface area contributed by atoms with E-state index in [4.69, 9.17) is 11.0 Å². The van der Waals surface area contributed by atoms with E-state index in [9.17, 15) is 5.11 Å². The van der Waals surface area contributed by atoms with Gasteiger partial charge in [-0.25, -0.2) is 0 Å². The van der Waals surface area contributed by atoms with Gasteiger partial charge in [-0.3, -0.25) is 0 Å². The van der Waals surface area contributed by atoms with Crippen LogP contribution in [-0.4, -0.2) is 17.3 Å². The Bertz CT molecular complexity index is 407. The van der Waals surface area contributed by atoms with Crippen molar-refractivity contribution < 1.29 is 5.11 Å². The first kappa shape index (κ1) is 12.3. The van der Waals surface area contributed by atoms with Crippen molar-refractivity contribution in [2.75, 3.05) is 17.6 Å². The minimum Gasteiger partial charge on any atom is -0.398 e. The van der Waals surface area contributed by atoms with E-state index in [1.807, 2.05) is 13.0 Å². The Morgan fingerprint density at radius 1 is 1.56 bits per heavy atom. The fourth-order valence-electron chi connectivity index (χ4n) is 1.18. The average molecular weight is 219 g/mol. The van der Waals surface area contributed by atoms with Crippen molar-refractivity contribution in [2.24, 2.45) is 0 Å². The van der Waals surface area contributed by atoms with Crippen LogP contribution in [0.15, 0.2) is 18.2 Å². The zero-order valence-electron chi connectivity index (χ0n) is 9.62. The fourth-order valence-corrected chi connectivity index (χ4v) is 1.18. The number of hydrogen-bond donors (Lipinski definition) is 3. The molecule has 0 aliphatic carbocycles. The number of rotatable bonds is 4. The molecule has 1 rings (SSSR count). The number of nitrogens with two attached hydrogens (primary N) is 1. The van der Waals surface area contributed by atoms with Crippen molar-refractivity contribution in [3.8, 4) is 6.07 Å². The van der Waals surface area contributed by atoms with Crippen molar-refractivity contribution in [3.63, 3.8) is 0 Å². The Kier molecular flexibility index (Phi) is 3.75. The largest absolute Gasteiger partial charge is 0.398 e. The Morgan fingerprint density at radius 2 is 2.25 bits per heavy atom. The number of nitrogen functional groups attached to an aromatic ring is 1. The maximum absolute atomic E-state index is 9.81. The second-order valence-electron chi connectivity index (χ2n) is 4.12. The Labute approximate surface area is 95.7 Å². The van der Waals surface area contributed by atoms with Crippen LogP contribution in [0.5, 0.6) is 0 Å². The number of hydrogen-bond acceptors (Lipinski definition) is 4. The van der Waals surface area contributed by atoms with E-state index in [1.54, 1.807) is 25.1 Å². The number of nitrogens with zero attached hydrogens (tertiary/aromatic N) is 1. The summed E-state index contributed by atoms with van der Waals surface area (Å²) in [6.45, 7) is 4.13. The highest BCUT2D eigenvalue weighted by Crippen LogP contribution is 2.18. The zero-order valence-corrected chi connectivity index (χ0v) is 9.62. The standard InChI is InChI=1S/C12H17N3O/c1-3-12(2,16)8-15-10-4-5-11(14)9(6-10)7-13/h4-6,15-16H,3,8,14H2,1-2H3. The van der Waals surface area contributed by atoms with Gasteiger partial charge in [-0.05, 0) is 31.5 Å². The molecule has 4 nitrogen and oxygen atoms in total. The molecule has 0 fully saturated rings. The predicted molar refractivity (Wildman–Crippen MR) is 65.0 cm³/mol. The molecule has 0 aliphatic heterocycles. The van der Waals surface area contributed by atoms with Gasteiger partial charge in [0.2, 0.25) is 0 Å². The van der Waals surface area contributed by atoms with E-state index in [0.29, 0.717) is 24.2 Å². The molecule has 0 heterocycles. The molecule has 1 atom stereocenters. The molecule has 0 aliphatic rings. The Balaban J connectivity index is 2.73. The van der Waals surface area contributed by atoms with Crippen molar-refractivity contribution in [1.29, 1.82) is 5.26 Å². The van der Waals surface area contributed by atoms with Crippen molar-refractivity contribution in [1.82, 2.24) is 0 Å². The second kappa shape index (κ2) is 4.86. The molecular formula is C12H17N3O. The van der Waals surface area contributed by atoms with Gasteiger partial charge in [-0.15, -0.1) is 0 Å². The van der Waals surface area contributed by atoms with E-state index in [1.165, 1.54) is 0 Å². The van der Waals surface area contributed by atoms with Gasteiger partial charge in [0, 0.05) is 17.9 Å². The van der Waals surface area contributed by atoms with E-state index in [0.717, 1.165) is 5.69 Å². The van der Waals surface area contributed by atoms with Crippen LogP contribution < -0.4 is 11.1 Å². The summed E-state index contributed by atoms with van der Waals surface area (Å²) in [6, 6.07) is 7.18. The number of benzene rings is 1. The maximum atomic E-state index is 9.81. The fraction of sp³-hybridized carbons (Fsp3) is 0.417. The lowest BCUT2D eigenvalue weighted by Gasteiger charge is -2.22. The summed E-state index contributed by atoms with van der Waals surface area (Å²) in [5.41, 5.74) is 6.57. The number of nitrogens with one attached hydrogen (secondary N) is 1. The van der Waals surface area contributed by atoms with E-state index >= 15 is 0 Å². The van der Waals surface area contributed by atoms with Crippen LogP contribution in [0.1, 0.15) is 25.8 Å². The topological polar surface area (TPSA) is 82.1 Å². The molecule has 0 spiro atoms. The van der Waals surface area contributed by atoms with Gasteiger partial charge in [0.1, 0.15) is 6.07 Å². The lowest BCUT2D eigenvalue weighted by atomic mass is 10.0. The first-order valence-corrected chi connectivity index (χ1v) is 5.24. The van der Waals surface area contributed by atoms with Gasteiger partial charge in [0.25, 0.3) is 0 Å². The second-order valence-corrected chi connectivity index (χ2v) is 4.12. The molecule has 4 heteroatoms. The molecular weight excluding hydrogens is 202 g/mol. The smallest absolute Gasteiger partial charge is 0.101 e. The molecule has 0 saturated heterocycles. The lowest BCUT2D eigenvalue weighted by Crippen LogP contribution is -2.32. The first-order chi connectivity index (χ1) is 7.48. The SMILES string of the molecule is CCC(C)(O)CNc1ccc(N)c(C#N)c1. The van der Waals surface area contributed by atoms with Gasteiger partial charge in [0.15, 0.2) is 0 Å². The summed E-state index contributed by atoms with van der Waals surface area (Å²) in [5, 5.41) is 21.7. The molecule has 1 aromatic rings. The monoisotopic (exact) mass is 219 g/mol. The third kappa shape index (κ3) is 3.14. The quantitative estimate of drug-likeness (QED) is 0.673. The van der Waals surface area contributed by atoms with Gasteiger partial charge in [-0.2, -0.15) is 5.26 Å². The van der Waals surface area contributed by atoms with Crippen LogP contribution in [0.25, 0.3) is 0 Å². The summed E-state index contributed by atoms with van der Waals surface area (Å²) in [7, 11) is 0. The van der Waals surface area contributed by atoms with Crippen LogP contribution in [-0.2, 0) is 0 Å². The van der Waals surface area contributed by atoms with Gasteiger partial charge >= 0.3 is 0 Å². The van der Waals surface area contributed by atoms with Crippen molar-refractivity contribution in [2.45, 2.75) is 25.9 Å². The molecule has 1 unspecified atom stereocenters. The normalized spacial score (nSPS) is 13.9. The van der Waals surface area contributed by atoms with Gasteiger partial charge < -0.3 is 16.2 Å². The predicted octanol–water partition coefficient (Wildman–Crippen LogP) is 1.71.